The Labute approximate surface area is 188 Å². The number of rotatable bonds is 5. The highest BCUT2D eigenvalue weighted by atomic mass is 32.1. The highest BCUT2D eigenvalue weighted by Gasteiger charge is 2.34. The van der Waals surface area contributed by atoms with E-state index in [0.717, 1.165) is 5.56 Å². The number of amides is 1. The van der Waals surface area contributed by atoms with Gasteiger partial charge >= 0.3 is 0 Å². The largest absolute Gasteiger partial charge is 0.338 e. The van der Waals surface area contributed by atoms with Crippen molar-refractivity contribution >= 4 is 34.4 Å². The summed E-state index contributed by atoms with van der Waals surface area (Å²) in [5.74, 6) is -1.27. The number of hydrogen-bond acceptors (Lipinski definition) is 7. The zero-order valence-corrected chi connectivity index (χ0v) is 18.2. The van der Waals surface area contributed by atoms with Gasteiger partial charge in [0.2, 0.25) is 0 Å². The van der Waals surface area contributed by atoms with Gasteiger partial charge in [-0.3, -0.25) is 9.59 Å². The van der Waals surface area contributed by atoms with Crippen LogP contribution < -0.4 is 0 Å². The molecule has 1 aliphatic heterocycles. The molecular weight excluding hydrogens is 428 g/mol. The molecule has 2 aromatic heterocycles. The lowest BCUT2D eigenvalue weighted by atomic mass is 9.86. The third-order valence-electron chi connectivity index (χ3n) is 5.41. The molecule has 4 rings (SSSR count). The Bertz CT molecular complexity index is 1160. The number of carbonyl (C=O) groups is 2. The van der Waals surface area contributed by atoms with Crippen molar-refractivity contribution in [3.8, 4) is 23.4 Å². The molecule has 1 aromatic carbocycles. The van der Waals surface area contributed by atoms with Crippen molar-refractivity contribution in [2.24, 2.45) is 5.92 Å². The molecule has 3 heterocycles. The van der Waals surface area contributed by atoms with E-state index in [1.54, 1.807) is 29.2 Å². The van der Waals surface area contributed by atoms with Crippen molar-refractivity contribution < 1.29 is 9.59 Å². The van der Waals surface area contributed by atoms with E-state index >= 15 is 0 Å². The first-order valence-corrected chi connectivity index (χ1v) is 11.6. The van der Waals surface area contributed by atoms with E-state index in [9.17, 15) is 14.9 Å². The van der Waals surface area contributed by atoms with Crippen molar-refractivity contribution in [2.45, 2.75) is 18.8 Å². The van der Waals surface area contributed by atoms with Crippen LogP contribution in [0.25, 0.3) is 11.3 Å². The molecule has 31 heavy (non-hydrogen) atoms. The van der Waals surface area contributed by atoms with Crippen LogP contribution in [0.2, 0.25) is 0 Å². The molecule has 0 radical (unpaired) electrons. The number of nitrogens with zero attached hydrogens (tertiary/aromatic N) is 4. The maximum atomic E-state index is 13.1. The Kier molecular flexibility index (Phi) is 6.22. The number of piperidine rings is 1. The van der Waals surface area contributed by atoms with E-state index in [2.05, 4.69) is 17.1 Å². The molecular formula is C23H18N4O2S2. The second-order valence-corrected chi connectivity index (χ2v) is 9.11. The predicted octanol–water partition coefficient (Wildman–Crippen LogP) is 4.47. The molecule has 0 saturated carbocycles. The zero-order valence-electron chi connectivity index (χ0n) is 16.5. The van der Waals surface area contributed by atoms with Crippen LogP contribution in [0.15, 0.2) is 47.2 Å². The summed E-state index contributed by atoms with van der Waals surface area (Å²) in [5.41, 5.74) is 2.09. The Balaban J connectivity index is 1.42. The van der Waals surface area contributed by atoms with Crippen LogP contribution in [-0.2, 0) is 4.79 Å². The van der Waals surface area contributed by atoms with Crippen molar-refractivity contribution in [1.29, 1.82) is 10.5 Å². The highest BCUT2D eigenvalue weighted by Crippen LogP contribution is 2.31. The molecule has 154 valence electrons. The number of benzene rings is 1. The fourth-order valence-electron chi connectivity index (χ4n) is 3.67. The normalized spacial score (nSPS) is 15.1. The lowest BCUT2D eigenvalue weighted by molar-refractivity contribution is -0.124. The number of aromatic nitrogens is 1. The van der Waals surface area contributed by atoms with Gasteiger partial charge in [0.05, 0.1) is 28.3 Å². The summed E-state index contributed by atoms with van der Waals surface area (Å²) in [6.45, 7) is 1.03. The lowest BCUT2D eigenvalue weighted by Gasteiger charge is -2.31. The highest BCUT2D eigenvalue weighted by molar-refractivity contribution is 7.12. The summed E-state index contributed by atoms with van der Waals surface area (Å²) < 4.78 is 0. The Morgan fingerprint density at radius 1 is 1.10 bits per heavy atom. The van der Waals surface area contributed by atoms with Crippen LogP contribution in [0.4, 0.5) is 0 Å². The first-order valence-electron chi connectivity index (χ1n) is 9.82. The topological polar surface area (TPSA) is 97.9 Å². The molecule has 0 bridgehead atoms. The maximum absolute atomic E-state index is 13.1. The minimum Gasteiger partial charge on any atom is -0.338 e. The Morgan fingerprint density at radius 3 is 2.45 bits per heavy atom. The fourth-order valence-corrected chi connectivity index (χ4v) is 5.24. The molecule has 0 N–H and O–H groups in total. The van der Waals surface area contributed by atoms with Crippen LogP contribution >= 0.6 is 22.7 Å². The average molecular weight is 447 g/mol. The van der Waals surface area contributed by atoms with Crippen LogP contribution in [0.5, 0.6) is 0 Å². The molecule has 1 aliphatic rings. The molecule has 3 aromatic rings. The molecule has 1 fully saturated rings. The quantitative estimate of drug-likeness (QED) is 0.576. The number of likely N-dealkylation sites (tertiary alicyclic amines) is 1. The van der Waals surface area contributed by atoms with E-state index < -0.39 is 5.92 Å². The number of thiophene rings is 1. The van der Waals surface area contributed by atoms with Gasteiger partial charge in [0, 0.05) is 30.0 Å². The van der Waals surface area contributed by atoms with Crippen molar-refractivity contribution in [1.82, 2.24) is 9.88 Å². The minimum atomic E-state index is -0.901. The predicted molar refractivity (Wildman–Crippen MR) is 119 cm³/mol. The second-order valence-electron chi connectivity index (χ2n) is 7.27. The maximum Gasteiger partial charge on any atom is 0.263 e. The molecule has 0 aliphatic carbocycles. The first-order chi connectivity index (χ1) is 15.1. The van der Waals surface area contributed by atoms with E-state index in [1.165, 1.54) is 22.7 Å². The van der Waals surface area contributed by atoms with Crippen molar-refractivity contribution in [3.05, 3.63) is 62.6 Å². The fraction of sp³-hybridized carbons (Fsp3) is 0.261. The van der Waals surface area contributed by atoms with Crippen molar-refractivity contribution in [3.63, 3.8) is 0 Å². The first kappa shape index (κ1) is 20.9. The number of ketones is 1. The Hall–Kier alpha value is -3.33. The summed E-state index contributed by atoms with van der Waals surface area (Å²) in [6.07, 6.45) is 1.12. The van der Waals surface area contributed by atoms with Gasteiger partial charge in [0.15, 0.2) is 11.7 Å². The number of thiazole rings is 1. The monoisotopic (exact) mass is 446 g/mol. The van der Waals surface area contributed by atoms with Crippen molar-refractivity contribution in [2.75, 3.05) is 13.1 Å². The van der Waals surface area contributed by atoms with Gasteiger partial charge in [-0.2, -0.15) is 10.5 Å². The SMILES string of the molecule is N#Cc1ccc(-c2csc(C(C#N)C(=O)C3CCN(C(=O)c4cccs4)CC3)n2)cc1. The van der Waals surface area contributed by atoms with Crippen LogP contribution in [0.3, 0.4) is 0 Å². The molecule has 0 spiro atoms. The van der Waals surface area contributed by atoms with Gasteiger partial charge in [-0.05, 0) is 36.4 Å². The molecule has 1 saturated heterocycles. The summed E-state index contributed by atoms with van der Waals surface area (Å²) in [7, 11) is 0. The summed E-state index contributed by atoms with van der Waals surface area (Å²) in [5, 5.41) is 22.8. The third-order valence-corrected chi connectivity index (χ3v) is 7.18. The van der Waals surface area contributed by atoms with Gasteiger partial charge in [0.1, 0.15) is 5.01 Å². The summed E-state index contributed by atoms with van der Waals surface area (Å²) >= 11 is 2.72. The minimum absolute atomic E-state index is 0.00436. The van der Waals surface area contributed by atoms with E-state index in [-0.39, 0.29) is 17.6 Å². The van der Waals surface area contributed by atoms with Crippen LogP contribution in [0.1, 0.15) is 39.0 Å². The molecule has 6 nitrogen and oxygen atoms in total. The summed E-state index contributed by atoms with van der Waals surface area (Å²) in [6, 6.07) is 14.9. The molecule has 1 atom stereocenters. The lowest BCUT2D eigenvalue weighted by Crippen LogP contribution is -2.40. The smallest absolute Gasteiger partial charge is 0.263 e. The van der Waals surface area contributed by atoms with Gasteiger partial charge in [-0.15, -0.1) is 22.7 Å². The van der Waals surface area contributed by atoms with Crippen LogP contribution in [-0.4, -0.2) is 34.7 Å². The second kappa shape index (κ2) is 9.22. The Morgan fingerprint density at radius 2 is 1.84 bits per heavy atom. The summed E-state index contributed by atoms with van der Waals surface area (Å²) in [4.78, 5) is 32.6. The molecule has 1 unspecified atom stereocenters. The zero-order chi connectivity index (χ0) is 21.8. The third kappa shape index (κ3) is 4.41. The van der Waals surface area contributed by atoms with E-state index in [0.29, 0.717) is 47.1 Å². The standard InChI is InChI=1S/C23H18N4O2S2/c24-12-15-3-5-16(6-4-15)19-14-31-22(26-19)18(13-25)21(28)17-7-9-27(10-8-17)23(29)20-2-1-11-30-20/h1-6,11,14,17-18H,7-10H2. The van der Waals surface area contributed by atoms with Gasteiger partial charge < -0.3 is 4.90 Å². The number of carbonyl (C=O) groups excluding carboxylic acids is 2. The average Bonchev–Trinajstić information content (AvgIpc) is 3.52. The number of nitriles is 2. The van der Waals surface area contributed by atoms with Crippen LogP contribution in [0, 0.1) is 28.6 Å². The number of hydrogen-bond donors (Lipinski definition) is 0. The van der Waals surface area contributed by atoms with Gasteiger partial charge in [-0.1, -0.05) is 18.2 Å². The van der Waals surface area contributed by atoms with E-state index in [4.69, 9.17) is 5.26 Å². The van der Waals surface area contributed by atoms with Gasteiger partial charge in [0.25, 0.3) is 5.91 Å². The number of Topliss-reactive ketones (excluding diaryl/α,β-unsaturated/α-hetero) is 1. The van der Waals surface area contributed by atoms with E-state index in [1.807, 2.05) is 22.9 Å². The van der Waals surface area contributed by atoms with Gasteiger partial charge in [-0.25, -0.2) is 4.98 Å². The molecule has 8 heteroatoms. The molecule has 1 amide bonds.